The summed E-state index contributed by atoms with van der Waals surface area (Å²) in [6.07, 6.45) is 4.13. The van der Waals surface area contributed by atoms with Gasteiger partial charge in [-0.2, -0.15) is 0 Å². The molecule has 0 saturated heterocycles. The largest absolute Gasteiger partial charge is 0.487 e. The first-order chi connectivity index (χ1) is 15.5. The van der Waals surface area contributed by atoms with Gasteiger partial charge in [0.1, 0.15) is 36.1 Å². The molecule has 0 amide bonds. The van der Waals surface area contributed by atoms with Gasteiger partial charge in [-0.3, -0.25) is 0 Å². The molecule has 4 rings (SSSR count). The molecular formula is C23H20ClFN4O3. The van der Waals surface area contributed by atoms with Crippen molar-refractivity contribution in [2.45, 2.75) is 19.4 Å². The van der Waals surface area contributed by atoms with Crippen LogP contribution in [0.15, 0.2) is 54.4 Å². The topological polar surface area (TPSA) is 96.4 Å². The van der Waals surface area contributed by atoms with Crippen molar-refractivity contribution < 1.29 is 19.0 Å². The van der Waals surface area contributed by atoms with Crippen LogP contribution >= 0.6 is 11.6 Å². The summed E-state index contributed by atoms with van der Waals surface area (Å²) < 4.78 is 19.0. The van der Waals surface area contributed by atoms with Gasteiger partial charge in [-0.25, -0.2) is 19.2 Å². The van der Waals surface area contributed by atoms with Crippen LogP contribution in [-0.4, -0.2) is 27.6 Å². The van der Waals surface area contributed by atoms with Crippen LogP contribution in [-0.2, 0) is 11.4 Å². The minimum atomic E-state index is -0.963. The highest BCUT2D eigenvalue weighted by atomic mass is 35.5. The maximum atomic E-state index is 13.3. The third-order valence-corrected chi connectivity index (χ3v) is 5.17. The molecule has 9 heteroatoms. The highest BCUT2D eigenvalue weighted by Crippen LogP contribution is 2.32. The summed E-state index contributed by atoms with van der Waals surface area (Å²) in [4.78, 5) is 20.1. The van der Waals surface area contributed by atoms with Gasteiger partial charge >= 0.3 is 5.97 Å². The van der Waals surface area contributed by atoms with Crippen molar-refractivity contribution in [3.8, 4) is 5.75 Å². The average molecular weight is 455 g/mol. The monoisotopic (exact) mass is 454 g/mol. The minimum Gasteiger partial charge on any atom is -0.487 e. The SMILES string of the molecule is O=C(O)C1=Cc2c(ncnc2Nc2ccc(OCc3cccc(F)c3)c(Cl)c2)NCCC1. The van der Waals surface area contributed by atoms with E-state index in [1.807, 2.05) is 0 Å². The second-order valence-electron chi connectivity index (χ2n) is 7.18. The molecule has 1 aliphatic rings. The van der Waals surface area contributed by atoms with E-state index >= 15 is 0 Å². The molecule has 7 nitrogen and oxygen atoms in total. The van der Waals surface area contributed by atoms with E-state index in [1.54, 1.807) is 36.4 Å². The second kappa shape index (κ2) is 9.65. The van der Waals surface area contributed by atoms with Crippen molar-refractivity contribution in [3.63, 3.8) is 0 Å². The van der Waals surface area contributed by atoms with Gasteiger partial charge < -0.3 is 20.5 Å². The summed E-state index contributed by atoms with van der Waals surface area (Å²) in [5, 5.41) is 16.2. The van der Waals surface area contributed by atoms with Crippen LogP contribution in [0.4, 0.5) is 21.7 Å². The number of anilines is 3. The number of carbonyl (C=O) groups is 1. The van der Waals surface area contributed by atoms with E-state index in [-0.39, 0.29) is 12.4 Å². The normalized spacial score (nSPS) is 13.1. The lowest BCUT2D eigenvalue weighted by molar-refractivity contribution is -0.132. The van der Waals surface area contributed by atoms with Crippen molar-refractivity contribution in [1.82, 2.24) is 9.97 Å². The predicted octanol–water partition coefficient (Wildman–Crippen LogP) is 5.27. The summed E-state index contributed by atoms with van der Waals surface area (Å²) in [6.45, 7) is 0.787. The fourth-order valence-electron chi connectivity index (χ4n) is 3.29. The third-order valence-electron chi connectivity index (χ3n) is 4.87. The van der Waals surface area contributed by atoms with E-state index in [9.17, 15) is 14.3 Å². The highest BCUT2D eigenvalue weighted by molar-refractivity contribution is 6.32. The van der Waals surface area contributed by atoms with Gasteiger partial charge in [0.05, 0.1) is 10.6 Å². The van der Waals surface area contributed by atoms with Gasteiger partial charge in [0.25, 0.3) is 0 Å². The molecule has 32 heavy (non-hydrogen) atoms. The first-order valence-corrected chi connectivity index (χ1v) is 10.3. The van der Waals surface area contributed by atoms with Crippen LogP contribution in [0.3, 0.4) is 0 Å². The van der Waals surface area contributed by atoms with Crippen LogP contribution in [0.5, 0.6) is 5.75 Å². The van der Waals surface area contributed by atoms with E-state index < -0.39 is 5.97 Å². The maximum absolute atomic E-state index is 13.3. The molecule has 0 bridgehead atoms. The fourth-order valence-corrected chi connectivity index (χ4v) is 3.53. The van der Waals surface area contributed by atoms with Crippen LogP contribution < -0.4 is 15.4 Å². The smallest absolute Gasteiger partial charge is 0.331 e. The number of benzene rings is 2. The zero-order valence-corrected chi connectivity index (χ0v) is 17.7. The molecule has 2 aromatic carbocycles. The number of aliphatic carboxylic acids is 1. The molecule has 0 aliphatic carbocycles. The van der Waals surface area contributed by atoms with Crippen molar-refractivity contribution in [3.05, 3.63) is 76.3 Å². The molecule has 3 N–H and O–H groups in total. The molecule has 0 fully saturated rings. The van der Waals surface area contributed by atoms with Crippen molar-refractivity contribution >= 4 is 41.0 Å². The molecule has 0 radical (unpaired) electrons. The summed E-state index contributed by atoms with van der Waals surface area (Å²) in [7, 11) is 0. The van der Waals surface area contributed by atoms with Crippen LogP contribution in [0.2, 0.25) is 5.02 Å². The molecule has 1 aromatic heterocycles. The number of halogens is 2. The Hall–Kier alpha value is -3.65. The molecule has 164 valence electrons. The summed E-state index contributed by atoms with van der Waals surface area (Å²) in [5.74, 6) is 0.172. The van der Waals surface area contributed by atoms with E-state index in [2.05, 4.69) is 20.6 Å². The molecule has 0 atom stereocenters. The van der Waals surface area contributed by atoms with Gasteiger partial charge in [0, 0.05) is 17.8 Å². The van der Waals surface area contributed by atoms with Gasteiger partial charge in [-0.15, -0.1) is 0 Å². The Morgan fingerprint density at radius 3 is 2.91 bits per heavy atom. The number of carboxylic acid groups (broad SMARTS) is 1. The Kier molecular flexibility index (Phi) is 6.51. The standard InChI is InChI=1S/C23H20ClFN4O3/c24-19-11-17(6-7-20(19)32-12-14-3-1-5-16(25)9-14)29-22-18-10-15(23(30)31)4-2-8-26-21(18)27-13-28-22/h1,3,5-7,9-11,13H,2,4,8,12H2,(H,30,31)(H2,26,27,28,29). The number of fused-ring (bicyclic) bond motifs is 1. The van der Waals surface area contributed by atoms with E-state index in [1.165, 1.54) is 18.5 Å². The van der Waals surface area contributed by atoms with Crippen molar-refractivity contribution in [1.29, 1.82) is 0 Å². The van der Waals surface area contributed by atoms with Crippen molar-refractivity contribution in [2.24, 2.45) is 0 Å². The van der Waals surface area contributed by atoms with E-state index in [0.29, 0.717) is 64.2 Å². The fraction of sp³-hybridized carbons (Fsp3) is 0.174. The summed E-state index contributed by atoms with van der Waals surface area (Å²) >= 11 is 6.38. The van der Waals surface area contributed by atoms with Crippen LogP contribution in [0.25, 0.3) is 6.08 Å². The van der Waals surface area contributed by atoms with Gasteiger partial charge in [-0.05, 0) is 54.8 Å². The average Bonchev–Trinajstić information content (AvgIpc) is 2.74. The van der Waals surface area contributed by atoms with E-state index in [0.717, 1.165) is 0 Å². The number of ether oxygens (including phenoxy) is 1. The summed E-state index contributed by atoms with van der Waals surface area (Å²) in [5.41, 5.74) is 2.19. The number of nitrogens with zero attached hydrogens (tertiary/aromatic N) is 2. The van der Waals surface area contributed by atoms with E-state index in [4.69, 9.17) is 16.3 Å². The minimum absolute atomic E-state index is 0.179. The zero-order valence-electron chi connectivity index (χ0n) is 16.9. The van der Waals surface area contributed by atoms with Gasteiger partial charge in [-0.1, -0.05) is 23.7 Å². The number of aromatic nitrogens is 2. The molecule has 0 unspecified atom stereocenters. The number of hydrogen-bond acceptors (Lipinski definition) is 6. The molecule has 0 saturated carbocycles. The predicted molar refractivity (Wildman–Crippen MR) is 121 cm³/mol. The first kappa shape index (κ1) is 21.6. The maximum Gasteiger partial charge on any atom is 0.331 e. The molecule has 1 aliphatic heterocycles. The van der Waals surface area contributed by atoms with Crippen LogP contribution in [0, 0.1) is 5.82 Å². The molecule has 3 aromatic rings. The Balaban J connectivity index is 1.55. The number of carboxylic acids is 1. The molecular weight excluding hydrogens is 435 g/mol. The van der Waals surface area contributed by atoms with Crippen LogP contribution in [0.1, 0.15) is 24.0 Å². The Morgan fingerprint density at radius 2 is 2.12 bits per heavy atom. The zero-order chi connectivity index (χ0) is 22.5. The highest BCUT2D eigenvalue weighted by Gasteiger charge is 2.17. The number of nitrogens with one attached hydrogen (secondary N) is 2. The van der Waals surface area contributed by atoms with Crippen molar-refractivity contribution in [2.75, 3.05) is 17.2 Å². The Labute approximate surface area is 188 Å². The molecule has 0 spiro atoms. The lowest BCUT2D eigenvalue weighted by Gasteiger charge is -2.17. The third kappa shape index (κ3) is 5.15. The van der Waals surface area contributed by atoms with Gasteiger partial charge in [0.15, 0.2) is 0 Å². The Morgan fingerprint density at radius 1 is 1.25 bits per heavy atom. The lowest BCUT2D eigenvalue weighted by Crippen LogP contribution is -2.12. The number of rotatable bonds is 6. The Bertz CT molecular complexity index is 1190. The second-order valence-corrected chi connectivity index (χ2v) is 7.59. The van der Waals surface area contributed by atoms with Gasteiger partial charge in [0.2, 0.25) is 0 Å². The quantitative estimate of drug-likeness (QED) is 0.467. The number of hydrogen-bond donors (Lipinski definition) is 3. The molecule has 2 heterocycles. The lowest BCUT2D eigenvalue weighted by atomic mass is 10.0. The first-order valence-electron chi connectivity index (χ1n) is 9.96. The summed E-state index contributed by atoms with van der Waals surface area (Å²) in [6, 6.07) is 11.3.